The van der Waals surface area contributed by atoms with Crippen molar-refractivity contribution in [3.63, 3.8) is 0 Å². The monoisotopic (exact) mass is 482 g/mol. The van der Waals surface area contributed by atoms with Gasteiger partial charge in [0.1, 0.15) is 11.0 Å². The SMILES string of the molecule is COC(=O)[C@H](Cc1ccc(-c2nccs2)cc1)NC(=O)C(CSC(C)=O)Cc1ccccc1. The molecular formula is C25H26N2O4S2. The molecule has 172 valence electrons. The van der Waals surface area contributed by atoms with Crippen LogP contribution in [0.1, 0.15) is 18.1 Å². The molecule has 0 aliphatic carbocycles. The van der Waals surface area contributed by atoms with Crippen LogP contribution in [0.5, 0.6) is 0 Å². The molecule has 0 saturated heterocycles. The minimum absolute atomic E-state index is 0.0503. The Morgan fingerprint density at radius 1 is 1.03 bits per heavy atom. The average molecular weight is 483 g/mol. The molecule has 1 unspecified atom stereocenters. The molecular weight excluding hydrogens is 456 g/mol. The number of nitrogens with zero attached hydrogens (tertiary/aromatic N) is 1. The maximum absolute atomic E-state index is 13.1. The Kier molecular flexibility index (Phi) is 9.21. The zero-order chi connectivity index (χ0) is 23.6. The number of ether oxygens (including phenoxy) is 1. The van der Waals surface area contributed by atoms with Gasteiger partial charge >= 0.3 is 5.97 Å². The number of carbonyl (C=O) groups is 3. The predicted octanol–water partition coefficient (Wildman–Crippen LogP) is 4.15. The average Bonchev–Trinajstić information content (AvgIpc) is 3.36. The number of aromatic nitrogens is 1. The van der Waals surface area contributed by atoms with Crippen molar-refractivity contribution < 1.29 is 19.1 Å². The largest absolute Gasteiger partial charge is 0.467 e. The van der Waals surface area contributed by atoms with Gasteiger partial charge in [-0.2, -0.15) is 0 Å². The molecule has 8 heteroatoms. The number of hydrogen-bond donors (Lipinski definition) is 1. The fraction of sp³-hybridized carbons (Fsp3) is 0.280. The Balaban J connectivity index is 1.71. The van der Waals surface area contributed by atoms with Crippen molar-refractivity contribution in [2.75, 3.05) is 12.9 Å². The van der Waals surface area contributed by atoms with Crippen LogP contribution in [0.25, 0.3) is 10.6 Å². The summed E-state index contributed by atoms with van der Waals surface area (Å²) < 4.78 is 4.94. The molecule has 1 heterocycles. The third kappa shape index (κ3) is 7.54. The van der Waals surface area contributed by atoms with Crippen LogP contribution in [0.15, 0.2) is 66.2 Å². The highest BCUT2D eigenvalue weighted by Crippen LogP contribution is 2.22. The van der Waals surface area contributed by atoms with E-state index in [1.807, 2.05) is 60.0 Å². The predicted molar refractivity (Wildman–Crippen MR) is 132 cm³/mol. The quantitative estimate of drug-likeness (QED) is 0.437. The number of hydrogen-bond acceptors (Lipinski definition) is 7. The molecule has 0 saturated carbocycles. The van der Waals surface area contributed by atoms with E-state index in [2.05, 4.69) is 10.3 Å². The van der Waals surface area contributed by atoms with Gasteiger partial charge in [0.05, 0.1) is 13.0 Å². The van der Waals surface area contributed by atoms with E-state index in [0.29, 0.717) is 18.6 Å². The second kappa shape index (κ2) is 12.3. The number of benzene rings is 2. The Labute approximate surface area is 201 Å². The standard InChI is InChI=1S/C25H26N2O4S2/c1-17(28)33-16-21(14-18-6-4-3-5-7-18)23(29)27-22(25(30)31-2)15-19-8-10-20(11-9-19)24-26-12-13-32-24/h3-13,21-22H,14-16H2,1-2H3,(H,27,29)/t21?,22-/m0/s1. The summed E-state index contributed by atoms with van der Waals surface area (Å²) in [5.74, 6) is -0.903. The number of rotatable bonds is 10. The summed E-state index contributed by atoms with van der Waals surface area (Å²) in [7, 11) is 1.31. The molecule has 1 aromatic heterocycles. The smallest absolute Gasteiger partial charge is 0.328 e. The summed E-state index contributed by atoms with van der Waals surface area (Å²) in [6.45, 7) is 1.48. The van der Waals surface area contributed by atoms with Crippen LogP contribution in [0, 0.1) is 5.92 Å². The summed E-state index contributed by atoms with van der Waals surface area (Å²) in [4.78, 5) is 41.4. The van der Waals surface area contributed by atoms with Crippen molar-refractivity contribution in [1.82, 2.24) is 10.3 Å². The summed E-state index contributed by atoms with van der Waals surface area (Å²) in [5.41, 5.74) is 2.88. The number of nitrogens with one attached hydrogen (secondary N) is 1. The molecule has 1 amide bonds. The lowest BCUT2D eigenvalue weighted by molar-refractivity contribution is -0.145. The van der Waals surface area contributed by atoms with Gasteiger partial charge in [-0.15, -0.1) is 11.3 Å². The van der Waals surface area contributed by atoms with E-state index < -0.39 is 17.9 Å². The van der Waals surface area contributed by atoms with Crippen molar-refractivity contribution in [1.29, 1.82) is 0 Å². The van der Waals surface area contributed by atoms with Crippen molar-refractivity contribution >= 4 is 40.1 Å². The van der Waals surface area contributed by atoms with E-state index in [1.165, 1.54) is 14.0 Å². The van der Waals surface area contributed by atoms with Crippen molar-refractivity contribution in [2.45, 2.75) is 25.8 Å². The van der Waals surface area contributed by atoms with Crippen molar-refractivity contribution in [3.05, 3.63) is 77.3 Å². The normalized spacial score (nSPS) is 12.5. The molecule has 33 heavy (non-hydrogen) atoms. The lowest BCUT2D eigenvalue weighted by Gasteiger charge is -2.21. The van der Waals surface area contributed by atoms with Gasteiger partial charge in [0.25, 0.3) is 0 Å². The topological polar surface area (TPSA) is 85.4 Å². The highest BCUT2D eigenvalue weighted by Gasteiger charge is 2.27. The lowest BCUT2D eigenvalue weighted by atomic mass is 9.98. The molecule has 0 spiro atoms. The second-order valence-corrected chi connectivity index (χ2v) is 9.60. The van der Waals surface area contributed by atoms with Gasteiger partial charge in [0.2, 0.25) is 5.91 Å². The second-order valence-electron chi connectivity index (χ2n) is 7.51. The first kappa shape index (κ1) is 24.7. The molecule has 3 rings (SSSR count). The van der Waals surface area contributed by atoms with Gasteiger partial charge in [-0.25, -0.2) is 9.78 Å². The van der Waals surface area contributed by atoms with Crippen LogP contribution in [-0.2, 0) is 32.0 Å². The van der Waals surface area contributed by atoms with Crippen LogP contribution >= 0.6 is 23.1 Å². The molecule has 2 atom stereocenters. The Bertz CT molecular complexity index is 1050. The molecule has 0 aliphatic rings. The van der Waals surface area contributed by atoms with E-state index in [4.69, 9.17) is 4.74 Å². The molecule has 2 aromatic carbocycles. The van der Waals surface area contributed by atoms with Gasteiger partial charge in [-0.05, 0) is 17.5 Å². The van der Waals surface area contributed by atoms with Gasteiger partial charge in [0.15, 0.2) is 5.12 Å². The van der Waals surface area contributed by atoms with E-state index in [-0.39, 0.29) is 11.0 Å². The van der Waals surface area contributed by atoms with Gasteiger partial charge < -0.3 is 10.1 Å². The molecule has 1 N–H and O–H groups in total. The zero-order valence-electron chi connectivity index (χ0n) is 18.5. The first-order valence-electron chi connectivity index (χ1n) is 10.5. The summed E-state index contributed by atoms with van der Waals surface area (Å²) in [5, 5.41) is 5.65. The summed E-state index contributed by atoms with van der Waals surface area (Å²) in [6, 6.07) is 16.5. The summed E-state index contributed by atoms with van der Waals surface area (Å²) >= 11 is 2.67. The van der Waals surface area contributed by atoms with Crippen LogP contribution in [0.4, 0.5) is 0 Å². The Morgan fingerprint density at radius 2 is 1.73 bits per heavy atom. The number of amides is 1. The minimum Gasteiger partial charge on any atom is -0.467 e. The number of thioether (sulfide) groups is 1. The van der Waals surface area contributed by atoms with Crippen LogP contribution in [0.3, 0.4) is 0 Å². The van der Waals surface area contributed by atoms with Crippen LogP contribution in [-0.4, -0.2) is 40.9 Å². The lowest BCUT2D eigenvalue weighted by Crippen LogP contribution is -2.46. The van der Waals surface area contributed by atoms with Gasteiger partial charge in [-0.1, -0.05) is 66.4 Å². The first-order chi connectivity index (χ1) is 16.0. The minimum atomic E-state index is -0.825. The highest BCUT2D eigenvalue weighted by atomic mass is 32.2. The van der Waals surface area contributed by atoms with Crippen molar-refractivity contribution in [3.8, 4) is 10.6 Å². The number of esters is 1. The van der Waals surface area contributed by atoms with Crippen LogP contribution in [0.2, 0.25) is 0 Å². The highest BCUT2D eigenvalue weighted by molar-refractivity contribution is 8.13. The third-order valence-electron chi connectivity index (χ3n) is 5.06. The summed E-state index contributed by atoms with van der Waals surface area (Å²) in [6.07, 6.45) is 2.53. The number of carbonyl (C=O) groups excluding carboxylic acids is 3. The van der Waals surface area contributed by atoms with Gasteiger partial charge in [0, 0.05) is 36.2 Å². The van der Waals surface area contributed by atoms with E-state index in [1.54, 1.807) is 17.5 Å². The number of thiazole rings is 1. The molecule has 3 aromatic rings. The Hall–Kier alpha value is -2.97. The van der Waals surface area contributed by atoms with E-state index in [9.17, 15) is 14.4 Å². The molecule has 0 aliphatic heterocycles. The molecule has 6 nitrogen and oxygen atoms in total. The number of methoxy groups -OCH3 is 1. The molecule has 0 radical (unpaired) electrons. The third-order valence-corrected chi connectivity index (χ3v) is 6.86. The fourth-order valence-electron chi connectivity index (χ4n) is 3.35. The molecule has 0 bridgehead atoms. The molecule has 0 fully saturated rings. The maximum Gasteiger partial charge on any atom is 0.328 e. The maximum atomic E-state index is 13.1. The Morgan fingerprint density at radius 3 is 2.33 bits per heavy atom. The first-order valence-corrected chi connectivity index (χ1v) is 12.4. The fourth-order valence-corrected chi connectivity index (χ4v) is 4.70. The van der Waals surface area contributed by atoms with E-state index in [0.717, 1.165) is 33.5 Å². The van der Waals surface area contributed by atoms with Crippen molar-refractivity contribution in [2.24, 2.45) is 5.92 Å². The van der Waals surface area contributed by atoms with E-state index >= 15 is 0 Å². The zero-order valence-corrected chi connectivity index (χ0v) is 20.2. The van der Waals surface area contributed by atoms with Gasteiger partial charge in [-0.3, -0.25) is 9.59 Å². The van der Waals surface area contributed by atoms with Crippen LogP contribution < -0.4 is 5.32 Å².